The summed E-state index contributed by atoms with van der Waals surface area (Å²) in [5.41, 5.74) is 3.42. The number of hydrogen-bond acceptors (Lipinski definition) is 4. The Labute approximate surface area is 154 Å². The summed E-state index contributed by atoms with van der Waals surface area (Å²) in [5, 5.41) is 14.9. The number of nitrogens with zero attached hydrogens (tertiary/aromatic N) is 2. The molecule has 1 fully saturated rings. The van der Waals surface area contributed by atoms with Gasteiger partial charge in [-0.25, -0.2) is 0 Å². The minimum Gasteiger partial charge on any atom is -0.374 e. The van der Waals surface area contributed by atoms with Crippen LogP contribution in [0.25, 0.3) is 0 Å². The van der Waals surface area contributed by atoms with Crippen LogP contribution in [0.4, 0.5) is 17.1 Å². The summed E-state index contributed by atoms with van der Waals surface area (Å²) in [6, 6.07) is 16.8. The minimum atomic E-state index is -0.369. The van der Waals surface area contributed by atoms with Crippen LogP contribution in [0.15, 0.2) is 48.5 Å². The van der Waals surface area contributed by atoms with Crippen molar-refractivity contribution in [2.45, 2.75) is 32.2 Å². The van der Waals surface area contributed by atoms with Crippen molar-refractivity contribution in [3.05, 3.63) is 54.1 Å². The lowest BCUT2D eigenvalue weighted by Crippen LogP contribution is -2.32. The molecule has 1 amide bonds. The molecule has 5 heteroatoms. The topological polar surface area (TPSA) is 68.2 Å². The van der Waals surface area contributed by atoms with Gasteiger partial charge in [-0.3, -0.25) is 4.79 Å². The molecular formula is C21H24N4O. The van der Waals surface area contributed by atoms with Gasteiger partial charge in [0.25, 0.3) is 0 Å². The molecule has 3 rings (SSSR count). The second kappa shape index (κ2) is 8.39. The number of nitriles is 1. The highest BCUT2D eigenvalue weighted by Crippen LogP contribution is 2.22. The van der Waals surface area contributed by atoms with Crippen molar-refractivity contribution in [3.8, 4) is 6.07 Å². The van der Waals surface area contributed by atoms with Gasteiger partial charge in [-0.2, -0.15) is 5.26 Å². The Bertz CT molecular complexity index is 771. The molecule has 134 valence electrons. The second-order valence-electron chi connectivity index (χ2n) is 6.64. The van der Waals surface area contributed by atoms with Crippen LogP contribution in [-0.4, -0.2) is 25.0 Å². The first-order valence-corrected chi connectivity index (χ1v) is 9.08. The third-order valence-corrected chi connectivity index (χ3v) is 4.65. The molecule has 1 aliphatic rings. The Hall–Kier alpha value is -3.00. The third-order valence-electron chi connectivity index (χ3n) is 4.65. The number of carbonyl (C=O) groups is 1. The van der Waals surface area contributed by atoms with Crippen molar-refractivity contribution in [3.63, 3.8) is 0 Å². The minimum absolute atomic E-state index is 0.116. The number of piperidine rings is 1. The number of anilines is 3. The summed E-state index contributed by atoms with van der Waals surface area (Å²) >= 11 is 0. The molecule has 1 heterocycles. The van der Waals surface area contributed by atoms with E-state index in [0.29, 0.717) is 11.3 Å². The first-order chi connectivity index (χ1) is 12.7. The van der Waals surface area contributed by atoms with Crippen molar-refractivity contribution in [1.82, 2.24) is 0 Å². The number of benzene rings is 2. The Balaban J connectivity index is 1.55. The molecular weight excluding hydrogens is 324 g/mol. The zero-order valence-electron chi connectivity index (χ0n) is 15.0. The summed E-state index contributed by atoms with van der Waals surface area (Å²) in [5.74, 6) is -0.116. The van der Waals surface area contributed by atoms with Crippen molar-refractivity contribution in [2.24, 2.45) is 0 Å². The lowest BCUT2D eigenvalue weighted by Gasteiger charge is -2.29. The second-order valence-corrected chi connectivity index (χ2v) is 6.64. The van der Waals surface area contributed by atoms with Gasteiger partial charge in [0.05, 0.1) is 11.6 Å². The van der Waals surface area contributed by atoms with E-state index in [4.69, 9.17) is 5.26 Å². The predicted molar refractivity (Wildman–Crippen MR) is 105 cm³/mol. The van der Waals surface area contributed by atoms with E-state index in [-0.39, 0.29) is 11.9 Å². The molecule has 2 aromatic rings. The van der Waals surface area contributed by atoms with Crippen LogP contribution in [0, 0.1) is 11.3 Å². The van der Waals surface area contributed by atoms with Crippen molar-refractivity contribution in [2.75, 3.05) is 28.6 Å². The highest BCUT2D eigenvalue weighted by atomic mass is 16.2. The van der Waals surface area contributed by atoms with Gasteiger partial charge in [0, 0.05) is 30.2 Å². The van der Waals surface area contributed by atoms with Crippen molar-refractivity contribution in [1.29, 1.82) is 5.26 Å². The Morgan fingerprint density at radius 3 is 2.23 bits per heavy atom. The normalized spacial score (nSPS) is 15.0. The van der Waals surface area contributed by atoms with Gasteiger partial charge in [-0.1, -0.05) is 0 Å². The molecule has 2 aromatic carbocycles. The molecule has 0 radical (unpaired) electrons. The summed E-state index contributed by atoms with van der Waals surface area (Å²) < 4.78 is 0. The van der Waals surface area contributed by atoms with E-state index in [1.54, 1.807) is 24.3 Å². The average Bonchev–Trinajstić information content (AvgIpc) is 2.70. The van der Waals surface area contributed by atoms with Crippen LogP contribution in [0.1, 0.15) is 31.7 Å². The number of rotatable bonds is 5. The van der Waals surface area contributed by atoms with Gasteiger partial charge in [-0.05, 0) is 74.7 Å². The molecule has 0 spiro atoms. The molecule has 26 heavy (non-hydrogen) atoms. The van der Waals surface area contributed by atoms with Gasteiger partial charge in [0.15, 0.2) is 0 Å². The first kappa shape index (κ1) is 17.8. The monoisotopic (exact) mass is 348 g/mol. The fourth-order valence-corrected chi connectivity index (χ4v) is 3.11. The number of nitrogens with one attached hydrogen (secondary N) is 2. The summed E-state index contributed by atoms with van der Waals surface area (Å²) in [7, 11) is 0. The average molecular weight is 348 g/mol. The van der Waals surface area contributed by atoms with Crippen LogP contribution in [0.3, 0.4) is 0 Å². The Morgan fingerprint density at radius 2 is 1.62 bits per heavy atom. The van der Waals surface area contributed by atoms with Crippen LogP contribution >= 0.6 is 0 Å². The van der Waals surface area contributed by atoms with E-state index in [1.165, 1.54) is 24.9 Å². The summed E-state index contributed by atoms with van der Waals surface area (Å²) in [6.45, 7) is 4.07. The highest BCUT2D eigenvalue weighted by Gasteiger charge is 2.14. The fraction of sp³-hybridized carbons (Fsp3) is 0.333. The molecule has 5 nitrogen and oxygen atoms in total. The van der Waals surface area contributed by atoms with Gasteiger partial charge in [0.1, 0.15) is 6.04 Å². The SMILES string of the molecule is C[C@H](Nc1ccc(N2CCCCC2)cc1)C(=O)Nc1ccc(C#N)cc1. The number of carbonyl (C=O) groups excluding carboxylic acids is 1. The molecule has 0 bridgehead atoms. The van der Waals surface area contributed by atoms with Gasteiger partial charge < -0.3 is 15.5 Å². The van der Waals surface area contributed by atoms with Crippen LogP contribution in [0.5, 0.6) is 0 Å². The lowest BCUT2D eigenvalue weighted by atomic mass is 10.1. The zero-order chi connectivity index (χ0) is 18.4. The number of hydrogen-bond donors (Lipinski definition) is 2. The smallest absolute Gasteiger partial charge is 0.246 e. The van der Waals surface area contributed by atoms with Gasteiger partial charge in [0.2, 0.25) is 5.91 Å². The molecule has 1 atom stereocenters. The van der Waals surface area contributed by atoms with Gasteiger partial charge >= 0.3 is 0 Å². The maximum Gasteiger partial charge on any atom is 0.246 e. The summed E-state index contributed by atoms with van der Waals surface area (Å²) in [6.07, 6.45) is 3.83. The maximum atomic E-state index is 12.3. The quantitative estimate of drug-likeness (QED) is 0.857. The first-order valence-electron chi connectivity index (χ1n) is 9.08. The van der Waals surface area contributed by atoms with E-state index in [1.807, 2.05) is 19.1 Å². The Kier molecular flexibility index (Phi) is 5.75. The largest absolute Gasteiger partial charge is 0.374 e. The van der Waals surface area contributed by atoms with E-state index < -0.39 is 0 Å². The van der Waals surface area contributed by atoms with Crippen LogP contribution in [0.2, 0.25) is 0 Å². The van der Waals surface area contributed by atoms with Gasteiger partial charge in [-0.15, -0.1) is 0 Å². The molecule has 0 saturated carbocycles. The van der Waals surface area contributed by atoms with E-state index in [0.717, 1.165) is 18.8 Å². The molecule has 2 N–H and O–H groups in total. The van der Waals surface area contributed by atoms with Crippen molar-refractivity contribution >= 4 is 23.0 Å². The molecule has 1 saturated heterocycles. The maximum absolute atomic E-state index is 12.3. The molecule has 1 aliphatic heterocycles. The van der Waals surface area contributed by atoms with E-state index in [9.17, 15) is 4.79 Å². The van der Waals surface area contributed by atoms with Crippen LogP contribution < -0.4 is 15.5 Å². The zero-order valence-corrected chi connectivity index (χ0v) is 15.0. The third kappa shape index (κ3) is 4.54. The number of amides is 1. The Morgan fingerprint density at radius 1 is 1.00 bits per heavy atom. The molecule has 0 aromatic heterocycles. The standard InChI is InChI=1S/C21H24N4O/c1-16(21(26)24-19-7-5-17(15-22)6-8-19)23-18-9-11-20(12-10-18)25-13-3-2-4-14-25/h5-12,16,23H,2-4,13-14H2,1H3,(H,24,26)/t16-/m0/s1. The lowest BCUT2D eigenvalue weighted by molar-refractivity contribution is -0.116. The molecule has 0 aliphatic carbocycles. The fourth-order valence-electron chi connectivity index (χ4n) is 3.11. The van der Waals surface area contributed by atoms with Crippen LogP contribution in [-0.2, 0) is 4.79 Å². The van der Waals surface area contributed by atoms with Crippen molar-refractivity contribution < 1.29 is 4.79 Å². The predicted octanol–water partition coefficient (Wildman–Crippen LogP) is 3.99. The van der Waals surface area contributed by atoms with E-state index in [2.05, 4.69) is 33.7 Å². The molecule has 0 unspecified atom stereocenters. The highest BCUT2D eigenvalue weighted by molar-refractivity contribution is 5.96. The summed E-state index contributed by atoms with van der Waals surface area (Å²) in [4.78, 5) is 14.7. The van der Waals surface area contributed by atoms with E-state index >= 15 is 0 Å².